The molecule has 3 aromatic rings. The quantitative estimate of drug-likeness (QED) is 0.314. The Balaban J connectivity index is 1.30. The van der Waals surface area contributed by atoms with Gasteiger partial charge >= 0.3 is 0 Å². The zero-order valence-corrected chi connectivity index (χ0v) is 21.6. The first kappa shape index (κ1) is 26.6. The lowest BCUT2D eigenvalue weighted by molar-refractivity contribution is 0.0730. The second kappa shape index (κ2) is 12.6. The summed E-state index contributed by atoms with van der Waals surface area (Å²) in [7, 11) is -3.59. The summed E-state index contributed by atoms with van der Waals surface area (Å²) in [6, 6.07) is 22.4. The summed E-state index contributed by atoms with van der Waals surface area (Å²) in [6.45, 7) is 1.97. The van der Waals surface area contributed by atoms with Crippen LogP contribution in [0.4, 0.5) is 5.69 Å². The molecule has 0 atom stereocenters. The monoisotopic (exact) mass is 541 g/mol. The third-order valence-corrected chi connectivity index (χ3v) is 7.55. The minimum atomic E-state index is -3.59. The Morgan fingerprint density at radius 2 is 1.54 bits per heavy atom. The molecule has 37 heavy (non-hydrogen) atoms. The van der Waals surface area contributed by atoms with Crippen LogP contribution in [0.3, 0.4) is 0 Å². The molecule has 0 aliphatic carbocycles. The van der Waals surface area contributed by atoms with E-state index in [4.69, 9.17) is 26.4 Å². The molecule has 1 saturated heterocycles. The van der Waals surface area contributed by atoms with Gasteiger partial charge < -0.3 is 19.5 Å². The summed E-state index contributed by atoms with van der Waals surface area (Å²) in [4.78, 5) is 13.0. The Morgan fingerprint density at radius 3 is 2.27 bits per heavy atom. The first-order chi connectivity index (χ1) is 17.9. The van der Waals surface area contributed by atoms with Crippen molar-refractivity contribution in [3.63, 3.8) is 0 Å². The topological polar surface area (TPSA) is 106 Å². The zero-order chi connectivity index (χ0) is 26.1. The normalized spacial score (nSPS) is 13.9. The van der Waals surface area contributed by atoms with Crippen LogP contribution in [0.15, 0.2) is 83.8 Å². The van der Waals surface area contributed by atoms with Gasteiger partial charge in [-0.2, -0.15) is 4.31 Å². The number of nitrogens with one attached hydrogen (secondary N) is 2. The highest BCUT2D eigenvalue weighted by Crippen LogP contribution is 2.20. The largest absolute Gasteiger partial charge is 0.490 e. The van der Waals surface area contributed by atoms with Gasteiger partial charge in [0.1, 0.15) is 24.7 Å². The number of para-hydroxylation sites is 2. The van der Waals surface area contributed by atoms with Crippen molar-refractivity contribution in [3.8, 4) is 11.5 Å². The number of hydrogen-bond donors (Lipinski definition) is 2. The van der Waals surface area contributed by atoms with E-state index in [-0.39, 0.29) is 16.6 Å². The summed E-state index contributed by atoms with van der Waals surface area (Å²) >= 11 is 5.28. The third-order valence-electron chi connectivity index (χ3n) is 5.43. The van der Waals surface area contributed by atoms with Gasteiger partial charge in [-0.05, 0) is 60.7 Å². The number of anilines is 1. The number of amides is 1. The van der Waals surface area contributed by atoms with Gasteiger partial charge in [0.2, 0.25) is 10.0 Å². The van der Waals surface area contributed by atoms with Crippen molar-refractivity contribution in [3.05, 3.63) is 84.4 Å². The van der Waals surface area contributed by atoms with Gasteiger partial charge in [-0.15, -0.1) is 0 Å². The lowest BCUT2D eigenvalue weighted by Crippen LogP contribution is -2.40. The minimum absolute atomic E-state index is 0.0657. The van der Waals surface area contributed by atoms with E-state index in [9.17, 15) is 13.2 Å². The summed E-state index contributed by atoms with van der Waals surface area (Å²) in [5.41, 5.74) is 0.854. The van der Waals surface area contributed by atoms with Crippen LogP contribution < -0.4 is 20.1 Å². The van der Waals surface area contributed by atoms with E-state index in [2.05, 4.69) is 10.6 Å². The molecule has 0 radical (unpaired) electrons. The predicted octanol–water partition coefficient (Wildman–Crippen LogP) is 3.29. The summed E-state index contributed by atoms with van der Waals surface area (Å²) in [6.07, 6.45) is 0. The van der Waals surface area contributed by atoms with Crippen LogP contribution in [0.2, 0.25) is 0 Å². The molecular weight excluding hydrogens is 514 g/mol. The summed E-state index contributed by atoms with van der Waals surface area (Å²) in [5.74, 6) is 0.695. The molecule has 1 fully saturated rings. The minimum Gasteiger partial charge on any atom is -0.490 e. The van der Waals surface area contributed by atoms with E-state index in [0.717, 1.165) is 5.75 Å². The number of morpholine rings is 1. The predicted molar refractivity (Wildman–Crippen MR) is 144 cm³/mol. The van der Waals surface area contributed by atoms with Crippen molar-refractivity contribution in [2.24, 2.45) is 0 Å². The number of thiocarbonyl (C=S) groups is 1. The van der Waals surface area contributed by atoms with Gasteiger partial charge in [-0.25, -0.2) is 8.42 Å². The van der Waals surface area contributed by atoms with Crippen molar-refractivity contribution >= 4 is 38.9 Å². The smallest absolute Gasteiger partial charge is 0.261 e. The van der Waals surface area contributed by atoms with Gasteiger partial charge in [0.25, 0.3) is 5.91 Å². The number of carbonyl (C=O) groups excluding carboxylic acids is 1. The van der Waals surface area contributed by atoms with Crippen molar-refractivity contribution in [1.29, 1.82) is 0 Å². The lowest BCUT2D eigenvalue weighted by Gasteiger charge is -2.26. The van der Waals surface area contributed by atoms with Crippen LogP contribution in [0.5, 0.6) is 11.5 Å². The maximum Gasteiger partial charge on any atom is 0.261 e. The Kier molecular flexibility index (Phi) is 9.07. The molecule has 1 amide bonds. The van der Waals surface area contributed by atoms with E-state index in [0.29, 0.717) is 49.9 Å². The fraction of sp³-hybridized carbons (Fsp3) is 0.231. The molecule has 4 rings (SSSR count). The highest BCUT2D eigenvalue weighted by atomic mass is 32.2. The molecule has 1 heterocycles. The van der Waals surface area contributed by atoms with Crippen LogP contribution in [0, 0.1) is 0 Å². The van der Waals surface area contributed by atoms with Crippen LogP contribution in [-0.4, -0.2) is 63.3 Å². The number of sulfonamides is 1. The maximum atomic E-state index is 12.8. The second-order valence-corrected chi connectivity index (χ2v) is 10.3. The number of carbonyl (C=O) groups is 1. The molecular formula is C26H27N3O6S2. The molecule has 0 bridgehead atoms. The zero-order valence-electron chi connectivity index (χ0n) is 20.0. The first-order valence-electron chi connectivity index (χ1n) is 11.6. The number of rotatable bonds is 9. The molecule has 194 valence electrons. The molecule has 0 unspecified atom stereocenters. The highest BCUT2D eigenvalue weighted by Gasteiger charge is 2.26. The van der Waals surface area contributed by atoms with Crippen LogP contribution in [-0.2, 0) is 14.8 Å². The Morgan fingerprint density at radius 1 is 0.892 bits per heavy atom. The SMILES string of the molecule is O=C(NC(=S)Nc1ccc(S(=O)(=O)N2CCOCC2)cc1)c1ccccc1OCCOc1ccccc1. The Labute approximate surface area is 221 Å². The first-order valence-corrected chi connectivity index (χ1v) is 13.5. The van der Waals surface area contributed by atoms with Gasteiger partial charge in [0, 0.05) is 18.8 Å². The number of hydrogen-bond acceptors (Lipinski definition) is 7. The van der Waals surface area contributed by atoms with Crippen molar-refractivity contribution in [1.82, 2.24) is 9.62 Å². The molecule has 3 aromatic carbocycles. The molecule has 1 aliphatic rings. The van der Waals surface area contributed by atoms with Crippen molar-refractivity contribution in [2.75, 3.05) is 44.8 Å². The third kappa shape index (κ3) is 7.26. The van der Waals surface area contributed by atoms with E-state index >= 15 is 0 Å². The summed E-state index contributed by atoms with van der Waals surface area (Å²) < 4.78 is 43.5. The molecule has 9 nitrogen and oxygen atoms in total. The van der Waals surface area contributed by atoms with Crippen LogP contribution >= 0.6 is 12.2 Å². The Hall–Kier alpha value is -3.51. The van der Waals surface area contributed by atoms with Gasteiger partial charge in [-0.3, -0.25) is 10.1 Å². The fourth-order valence-electron chi connectivity index (χ4n) is 3.59. The van der Waals surface area contributed by atoms with E-state index in [1.165, 1.54) is 16.4 Å². The van der Waals surface area contributed by atoms with Gasteiger partial charge in [-0.1, -0.05) is 30.3 Å². The van der Waals surface area contributed by atoms with Crippen molar-refractivity contribution < 1.29 is 27.4 Å². The number of nitrogens with zero attached hydrogens (tertiary/aromatic N) is 1. The average Bonchev–Trinajstić information content (AvgIpc) is 2.92. The second-order valence-electron chi connectivity index (χ2n) is 7.96. The molecule has 2 N–H and O–H groups in total. The molecule has 1 aliphatic heterocycles. The van der Waals surface area contributed by atoms with Gasteiger partial charge in [0.05, 0.1) is 23.7 Å². The standard InChI is InChI=1S/C26H27N3O6S2/c30-25(23-8-4-5-9-24(23)35-19-18-34-21-6-2-1-3-7-21)28-26(36)27-20-10-12-22(13-11-20)37(31,32)29-14-16-33-17-15-29/h1-13H,14-19H2,(H2,27,28,30,36). The lowest BCUT2D eigenvalue weighted by atomic mass is 10.2. The van der Waals surface area contributed by atoms with E-state index < -0.39 is 15.9 Å². The fourth-order valence-corrected chi connectivity index (χ4v) is 5.21. The van der Waals surface area contributed by atoms with Crippen molar-refractivity contribution in [2.45, 2.75) is 4.90 Å². The molecule has 0 saturated carbocycles. The molecule has 0 spiro atoms. The maximum absolute atomic E-state index is 12.8. The van der Waals surface area contributed by atoms with E-state index in [1.54, 1.807) is 36.4 Å². The Bertz CT molecular complexity index is 1310. The highest BCUT2D eigenvalue weighted by molar-refractivity contribution is 7.89. The average molecular weight is 542 g/mol. The van der Waals surface area contributed by atoms with Crippen LogP contribution in [0.1, 0.15) is 10.4 Å². The molecule has 0 aromatic heterocycles. The number of benzene rings is 3. The molecule has 11 heteroatoms. The van der Waals surface area contributed by atoms with E-state index in [1.807, 2.05) is 30.3 Å². The van der Waals surface area contributed by atoms with Crippen LogP contribution in [0.25, 0.3) is 0 Å². The van der Waals surface area contributed by atoms with Gasteiger partial charge in [0.15, 0.2) is 5.11 Å². The number of ether oxygens (including phenoxy) is 3. The summed E-state index contributed by atoms with van der Waals surface area (Å²) in [5, 5.41) is 5.59.